The normalized spacial score (nSPS) is 11.2. The van der Waals surface area contributed by atoms with Crippen LogP contribution < -0.4 is 18.9 Å². The van der Waals surface area contributed by atoms with Gasteiger partial charge >= 0.3 is 5.97 Å². The van der Waals surface area contributed by atoms with Crippen LogP contribution in [0.4, 0.5) is 0 Å². The first kappa shape index (κ1) is 20.0. The molecule has 7 heteroatoms. The minimum atomic E-state index is -1.09. The van der Waals surface area contributed by atoms with Crippen molar-refractivity contribution in [1.29, 1.82) is 0 Å². The maximum Gasteiger partial charge on any atom is 0.329 e. The molecule has 3 aromatic rings. The Balaban J connectivity index is 2.28. The lowest BCUT2D eigenvalue weighted by atomic mass is 9.96. The molecule has 7 nitrogen and oxygen atoms in total. The molecule has 1 heterocycles. The molecule has 0 saturated carbocycles. The number of carboxylic acids is 1. The summed E-state index contributed by atoms with van der Waals surface area (Å²) in [7, 11) is 6.17. The summed E-state index contributed by atoms with van der Waals surface area (Å²) in [6.45, 7) is 0. The van der Waals surface area contributed by atoms with Crippen molar-refractivity contribution in [1.82, 2.24) is 4.98 Å². The number of hydrogen-bond acceptors (Lipinski definition) is 6. The summed E-state index contributed by atoms with van der Waals surface area (Å²) in [6, 6.07) is 10.6. The third kappa shape index (κ3) is 3.94. The minimum Gasteiger partial charge on any atom is -0.493 e. The molecule has 1 aromatic heterocycles. The molecule has 0 amide bonds. The highest BCUT2D eigenvalue weighted by molar-refractivity contribution is 6.02. The fourth-order valence-corrected chi connectivity index (χ4v) is 3.13. The Morgan fingerprint density at radius 2 is 1.48 bits per heavy atom. The van der Waals surface area contributed by atoms with E-state index < -0.39 is 5.97 Å². The monoisotopic (exact) mass is 395 g/mol. The van der Waals surface area contributed by atoms with Gasteiger partial charge in [-0.05, 0) is 41.3 Å². The van der Waals surface area contributed by atoms with Crippen LogP contribution in [0, 0.1) is 0 Å². The summed E-state index contributed by atoms with van der Waals surface area (Å²) in [5.74, 6) is 1.04. The van der Waals surface area contributed by atoms with Crippen LogP contribution in [0.15, 0.2) is 48.7 Å². The molecule has 0 unspecified atom stereocenters. The van der Waals surface area contributed by atoms with Gasteiger partial charge in [-0.1, -0.05) is 6.07 Å². The molecule has 0 saturated heterocycles. The van der Waals surface area contributed by atoms with E-state index in [0.29, 0.717) is 39.8 Å². The third-order valence-corrected chi connectivity index (χ3v) is 4.49. The molecule has 1 N–H and O–H groups in total. The summed E-state index contributed by atoms with van der Waals surface area (Å²) >= 11 is 0. The van der Waals surface area contributed by atoms with Gasteiger partial charge in [0.25, 0.3) is 0 Å². The maximum atomic E-state index is 11.6. The topological polar surface area (TPSA) is 87.1 Å². The highest BCUT2D eigenvalue weighted by Crippen LogP contribution is 2.38. The number of ether oxygens (including phenoxy) is 4. The molecule has 0 aliphatic heterocycles. The van der Waals surface area contributed by atoms with Crippen molar-refractivity contribution in [2.75, 3.05) is 28.4 Å². The predicted molar refractivity (Wildman–Crippen MR) is 109 cm³/mol. The van der Waals surface area contributed by atoms with Gasteiger partial charge in [-0.15, -0.1) is 0 Å². The lowest BCUT2D eigenvalue weighted by Gasteiger charge is -2.15. The van der Waals surface area contributed by atoms with Crippen LogP contribution in [0.25, 0.3) is 16.3 Å². The lowest BCUT2D eigenvalue weighted by Crippen LogP contribution is -2.00. The molecule has 2 aromatic carbocycles. The summed E-state index contributed by atoms with van der Waals surface area (Å²) < 4.78 is 21.4. The number of fused-ring (bicyclic) bond motifs is 1. The average Bonchev–Trinajstić information content (AvgIpc) is 2.75. The van der Waals surface area contributed by atoms with Crippen molar-refractivity contribution in [2.24, 2.45) is 0 Å². The molecule has 0 bridgehead atoms. The smallest absolute Gasteiger partial charge is 0.329 e. The van der Waals surface area contributed by atoms with Gasteiger partial charge in [-0.25, -0.2) is 4.79 Å². The number of rotatable bonds is 7. The molecule has 0 aliphatic carbocycles. The van der Waals surface area contributed by atoms with E-state index >= 15 is 0 Å². The van der Waals surface area contributed by atoms with Crippen molar-refractivity contribution in [3.8, 4) is 23.0 Å². The van der Waals surface area contributed by atoms with Crippen LogP contribution in [-0.4, -0.2) is 44.5 Å². The van der Waals surface area contributed by atoms with Gasteiger partial charge in [0.1, 0.15) is 0 Å². The number of pyridine rings is 1. The van der Waals surface area contributed by atoms with Crippen molar-refractivity contribution >= 4 is 22.3 Å². The molecule has 150 valence electrons. The SMILES string of the molecule is COc1ccc(C(=CC(=O)O)c2nccc3cc(OC)c(OC)cc23)cc1OC. The van der Waals surface area contributed by atoms with Gasteiger partial charge in [0.15, 0.2) is 23.0 Å². The summed E-state index contributed by atoms with van der Waals surface area (Å²) in [6.07, 6.45) is 2.75. The second-order valence-electron chi connectivity index (χ2n) is 6.05. The van der Waals surface area contributed by atoms with Crippen molar-refractivity contribution in [2.45, 2.75) is 0 Å². The van der Waals surface area contributed by atoms with Crippen LogP contribution >= 0.6 is 0 Å². The second-order valence-corrected chi connectivity index (χ2v) is 6.05. The van der Waals surface area contributed by atoms with E-state index in [2.05, 4.69) is 4.98 Å². The van der Waals surface area contributed by atoms with Crippen molar-refractivity contribution < 1.29 is 28.8 Å². The van der Waals surface area contributed by atoms with Gasteiger partial charge < -0.3 is 24.1 Å². The maximum absolute atomic E-state index is 11.6. The van der Waals surface area contributed by atoms with Crippen LogP contribution in [0.3, 0.4) is 0 Å². The first-order chi connectivity index (χ1) is 14.0. The molecular formula is C22H21NO6. The molecule has 29 heavy (non-hydrogen) atoms. The number of nitrogens with zero attached hydrogens (tertiary/aromatic N) is 1. The highest BCUT2D eigenvalue weighted by Gasteiger charge is 2.17. The van der Waals surface area contributed by atoms with E-state index in [0.717, 1.165) is 16.8 Å². The minimum absolute atomic E-state index is 0.427. The number of carbonyl (C=O) groups is 1. The van der Waals surface area contributed by atoms with Crippen LogP contribution in [0.5, 0.6) is 23.0 Å². The number of aromatic nitrogens is 1. The van der Waals surface area contributed by atoms with Gasteiger partial charge in [0.2, 0.25) is 0 Å². The Morgan fingerprint density at radius 3 is 2.10 bits per heavy atom. The Kier molecular flexibility index (Phi) is 5.87. The Morgan fingerprint density at radius 1 is 0.862 bits per heavy atom. The largest absolute Gasteiger partial charge is 0.493 e. The molecule has 0 radical (unpaired) electrons. The third-order valence-electron chi connectivity index (χ3n) is 4.49. The summed E-state index contributed by atoms with van der Waals surface area (Å²) in [5.41, 5.74) is 1.55. The van der Waals surface area contributed by atoms with E-state index in [1.165, 1.54) is 14.2 Å². The number of benzene rings is 2. The molecule has 3 rings (SSSR count). The number of hydrogen-bond donors (Lipinski definition) is 1. The van der Waals surface area contributed by atoms with Crippen molar-refractivity contribution in [3.05, 3.63) is 59.9 Å². The van der Waals surface area contributed by atoms with Gasteiger partial charge in [0, 0.05) is 23.2 Å². The van der Waals surface area contributed by atoms with E-state index in [-0.39, 0.29) is 0 Å². The molecule has 0 spiro atoms. The highest BCUT2D eigenvalue weighted by atomic mass is 16.5. The quantitative estimate of drug-likeness (QED) is 0.609. The van der Waals surface area contributed by atoms with E-state index in [4.69, 9.17) is 18.9 Å². The zero-order valence-corrected chi connectivity index (χ0v) is 16.6. The predicted octanol–water partition coefficient (Wildman–Crippen LogP) is 3.79. The van der Waals surface area contributed by atoms with Crippen LogP contribution in [0.1, 0.15) is 11.3 Å². The lowest BCUT2D eigenvalue weighted by molar-refractivity contribution is -0.131. The molecule has 0 fully saturated rings. The zero-order chi connectivity index (χ0) is 21.0. The van der Waals surface area contributed by atoms with Gasteiger partial charge in [-0.3, -0.25) is 4.98 Å². The summed E-state index contributed by atoms with van der Waals surface area (Å²) in [5, 5.41) is 11.1. The molecule has 0 atom stereocenters. The standard InChI is InChI=1S/C22H21NO6/c1-26-17-6-5-13(9-18(17)27-2)16(12-21(24)25)22-15-11-20(29-4)19(28-3)10-14(15)7-8-23-22/h5-12H,1-4H3,(H,24,25). The van der Waals surface area contributed by atoms with Crippen LogP contribution in [-0.2, 0) is 4.79 Å². The molecule has 0 aliphatic rings. The number of carboxylic acid groups (broad SMARTS) is 1. The Hall–Kier alpha value is -3.74. The first-order valence-electron chi connectivity index (χ1n) is 8.70. The zero-order valence-electron chi connectivity index (χ0n) is 16.6. The van der Waals surface area contributed by atoms with E-state index in [1.807, 2.05) is 12.1 Å². The van der Waals surface area contributed by atoms with E-state index in [9.17, 15) is 9.90 Å². The number of methoxy groups -OCH3 is 4. The fraction of sp³-hybridized carbons (Fsp3) is 0.182. The van der Waals surface area contributed by atoms with Crippen molar-refractivity contribution in [3.63, 3.8) is 0 Å². The second kappa shape index (κ2) is 8.52. The first-order valence-corrected chi connectivity index (χ1v) is 8.70. The Labute approximate surface area is 168 Å². The summed E-state index contributed by atoms with van der Waals surface area (Å²) in [4.78, 5) is 16.1. The number of aliphatic carboxylic acids is 1. The van der Waals surface area contributed by atoms with Crippen LogP contribution in [0.2, 0.25) is 0 Å². The fourth-order valence-electron chi connectivity index (χ4n) is 3.13. The molecular weight excluding hydrogens is 374 g/mol. The Bertz CT molecular complexity index is 1090. The van der Waals surface area contributed by atoms with Gasteiger partial charge in [0.05, 0.1) is 34.1 Å². The van der Waals surface area contributed by atoms with E-state index in [1.54, 1.807) is 44.7 Å². The van der Waals surface area contributed by atoms with Gasteiger partial charge in [-0.2, -0.15) is 0 Å². The average molecular weight is 395 g/mol.